The zero-order valence-electron chi connectivity index (χ0n) is 11.0. The normalized spacial score (nSPS) is 10.3. The number of hydrogen-bond acceptors (Lipinski definition) is 4. The molecule has 1 aromatic heterocycles. The number of aromatic nitrogens is 2. The molecule has 0 spiro atoms. The number of carboxylic acids is 1. The summed E-state index contributed by atoms with van der Waals surface area (Å²) in [7, 11) is 1.60. The van der Waals surface area contributed by atoms with Crippen molar-refractivity contribution < 1.29 is 14.6 Å². The van der Waals surface area contributed by atoms with Crippen LogP contribution >= 0.6 is 0 Å². The van der Waals surface area contributed by atoms with Crippen molar-refractivity contribution in [1.82, 2.24) is 9.97 Å². The summed E-state index contributed by atoms with van der Waals surface area (Å²) >= 11 is 0. The van der Waals surface area contributed by atoms with Crippen molar-refractivity contribution in [3.63, 3.8) is 0 Å². The van der Waals surface area contributed by atoms with E-state index in [-0.39, 0.29) is 5.69 Å². The van der Waals surface area contributed by atoms with Gasteiger partial charge in [0, 0.05) is 11.3 Å². The third kappa shape index (κ3) is 2.70. The van der Waals surface area contributed by atoms with Gasteiger partial charge in [0.2, 0.25) is 0 Å². The molecule has 0 unspecified atom stereocenters. The van der Waals surface area contributed by atoms with E-state index in [1.54, 1.807) is 14.0 Å². The van der Waals surface area contributed by atoms with E-state index < -0.39 is 5.97 Å². The number of methoxy groups -OCH3 is 1. The van der Waals surface area contributed by atoms with Crippen molar-refractivity contribution in [3.8, 4) is 17.1 Å². The first-order chi connectivity index (χ1) is 9.01. The van der Waals surface area contributed by atoms with Crippen LogP contribution < -0.4 is 4.74 Å². The second-order valence-corrected chi connectivity index (χ2v) is 4.21. The smallest absolute Gasteiger partial charge is 0.354 e. The van der Waals surface area contributed by atoms with Crippen molar-refractivity contribution in [1.29, 1.82) is 0 Å². The van der Waals surface area contributed by atoms with Gasteiger partial charge in [0.1, 0.15) is 5.75 Å². The number of carbonyl (C=O) groups is 1. The topological polar surface area (TPSA) is 72.3 Å². The molecule has 0 radical (unpaired) electrons. The highest BCUT2D eigenvalue weighted by molar-refractivity contribution is 5.86. The summed E-state index contributed by atoms with van der Waals surface area (Å²) in [5.74, 6) is 0.120. The lowest BCUT2D eigenvalue weighted by atomic mass is 10.1. The highest BCUT2D eigenvalue weighted by atomic mass is 16.5. The van der Waals surface area contributed by atoms with Gasteiger partial charge in [0.15, 0.2) is 11.5 Å². The highest BCUT2D eigenvalue weighted by Crippen LogP contribution is 2.24. The highest BCUT2D eigenvalue weighted by Gasteiger charge is 2.11. The standard InChI is InChI=1S/C14H14N2O3/c1-8-6-10(4-5-12(8)19-3)13-15-9(2)7-11(16-13)14(17)18/h4-7H,1-3H3,(H,17,18). The molecular formula is C14H14N2O3. The molecule has 0 aliphatic heterocycles. The maximum absolute atomic E-state index is 11.0. The number of carboxylic acid groups (broad SMARTS) is 1. The van der Waals surface area contributed by atoms with Gasteiger partial charge in [-0.25, -0.2) is 14.8 Å². The second-order valence-electron chi connectivity index (χ2n) is 4.21. The summed E-state index contributed by atoms with van der Waals surface area (Å²) in [6.07, 6.45) is 0. The van der Waals surface area contributed by atoms with Gasteiger partial charge in [0.25, 0.3) is 0 Å². The van der Waals surface area contributed by atoms with Crippen LogP contribution in [0.1, 0.15) is 21.7 Å². The summed E-state index contributed by atoms with van der Waals surface area (Å²) in [5, 5.41) is 9.01. The van der Waals surface area contributed by atoms with Gasteiger partial charge in [-0.1, -0.05) is 0 Å². The molecule has 2 aromatic rings. The Labute approximate surface area is 110 Å². The molecule has 2 rings (SSSR count). The fraction of sp³-hybridized carbons (Fsp3) is 0.214. The number of aryl methyl sites for hydroxylation is 2. The Kier molecular flexibility index (Phi) is 3.46. The summed E-state index contributed by atoms with van der Waals surface area (Å²) in [4.78, 5) is 19.3. The molecule has 0 bridgehead atoms. The number of benzene rings is 1. The SMILES string of the molecule is COc1ccc(-c2nc(C)cc(C(=O)O)n2)cc1C. The van der Waals surface area contributed by atoms with Gasteiger partial charge < -0.3 is 9.84 Å². The van der Waals surface area contributed by atoms with E-state index in [0.717, 1.165) is 16.9 Å². The maximum atomic E-state index is 11.0. The largest absolute Gasteiger partial charge is 0.496 e. The molecular weight excluding hydrogens is 244 g/mol. The van der Waals surface area contributed by atoms with Gasteiger partial charge in [-0.05, 0) is 43.7 Å². The summed E-state index contributed by atoms with van der Waals surface area (Å²) in [5.41, 5.74) is 2.33. The Hall–Kier alpha value is -2.43. The molecule has 1 aromatic carbocycles. The minimum absolute atomic E-state index is 0.00373. The van der Waals surface area contributed by atoms with Crippen LogP contribution in [0.5, 0.6) is 5.75 Å². The third-order valence-electron chi connectivity index (χ3n) is 2.73. The van der Waals surface area contributed by atoms with Crippen LogP contribution in [0.15, 0.2) is 24.3 Å². The van der Waals surface area contributed by atoms with E-state index >= 15 is 0 Å². The second kappa shape index (κ2) is 5.06. The van der Waals surface area contributed by atoms with Crippen LogP contribution in [0, 0.1) is 13.8 Å². The molecule has 1 heterocycles. The van der Waals surface area contributed by atoms with Crippen LogP contribution in [0.2, 0.25) is 0 Å². The lowest BCUT2D eigenvalue weighted by molar-refractivity contribution is 0.0690. The molecule has 0 saturated carbocycles. The summed E-state index contributed by atoms with van der Waals surface area (Å²) < 4.78 is 5.19. The number of hydrogen-bond donors (Lipinski definition) is 1. The Balaban J connectivity index is 2.52. The van der Waals surface area contributed by atoms with Crippen molar-refractivity contribution in [2.24, 2.45) is 0 Å². The first-order valence-electron chi connectivity index (χ1n) is 5.75. The van der Waals surface area contributed by atoms with Crippen LogP contribution in [0.25, 0.3) is 11.4 Å². The monoisotopic (exact) mass is 258 g/mol. The molecule has 0 atom stereocenters. The van der Waals surface area contributed by atoms with Gasteiger partial charge in [0.05, 0.1) is 7.11 Å². The lowest BCUT2D eigenvalue weighted by Crippen LogP contribution is -2.04. The zero-order valence-corrected chi connectivity index (χ0v) is 11.0. The van der Waals surface area contributed by atoms with Crippen molar-refractivity contribution in [3.05, 3.63) is 41.2 Å². The lowest BCUT2D eigenvalue weighted by Gasteiger charge is -2.07. The predicted octanol–water partition coefficient (Wildman–Crippen LogP) is 2.47. The van der Waals surface area contributed by atoms with E-state index in [1.165, 1.54) is 6.07 Å². The van der Waals surface area contributed by atoms with E-state index in [9.17, 15) is 4.79 Å². The van der Waals surface area contributed by atoms with Gasteiger partial charge >= 0.3 is 5.97 Å². The first-order valence-corrected chi connectivity index (χ1v) is 5.75. The van der Waals surface area contributed by atoms with Crippen LogP contribution in [0.3, 0.4) is 0 Å². The number of ether oxygens (including phenoxy) is 1. The van der Waals surface area contributed by atoms with E-state index in [2.05, 4.69) is 9.97 Å². The quantitative estimate of drug-likeness (QED) is 0.915. The van der Waals surface area contributed by atoms with Crippen molar-refractivity contribution >= 4 is 5.97 Å². The Morgan fingerprint density at radius 1 is 1.21 bits per heavy atom. The van der Waals surface area contributed by atoms with Crippen LogP contribution in [-0.2, 0) is 0 Å². The van der Waals surface area contributed by atoms with Crippen molar-refractivity contribution in [2.45, 2.75) is 13.8 Å². The summed E-state index contributed by atoms with van der Waals surface area (Å²) in [6, 6.07) is 6.95. The van der Waals surface area contributed by atoms with Gasteiger partial charge in [-0.2, -0.15) is 0 Å². The zero-order chi connectivity index (χ0) is 14.0. The molecule has 0 amide bonds. The molecule has 0 aliphatic rings. The predicted molar refractivity (Wildman–Crippen MR) is 70.5 cm³/mol. The Morgan fingerprint density at radius 2 is 1.95 bits per heavy atom. The Bertz CT molecular complexity index is 639. The average molecular weight is 258 g/mol. The molecule has 1 N–H and O–H groups in total. The van der Waals surface area contributed by atoms with Crippen LogP contribution in [0.4, 0.5) is 0 Å². The molecule has 0 fully saturated rings. The minimum atomic E-state index is -1.06. The number of aromatic carboxylic acids is 1. The first kappa shape index (κ1) is 13.0. The number of rotatable bonds is 3. The molecule has 0 aliphatic carbocycles. The van der Waals surface area contributed by atoms with E-state index in [1.807, 2.05) is 25.1 Å². The minimum Gasteiger partial charge on any atom is -0.496 e. The molecule has 5 heteroatoms. The molecule has 0 saturated heterocycles. The fourth-order valence-electron chi connectivity index (χ4n) is 1.82. The summed E-state index contributed by atoms with van der Waals surface area (Å²) in [6.45, 7) is 3.66. The van der Waals surface area contributed by atoms with E-state index in [4.69, 9.17) is 9.84 Å². The van der Waals surface area contributed by atoms with Crippen LogP contribution in [-0.4, -0.2) is 28.2 Å². The maximum Gasteiger partial charge on any atom is 0.354 e. The number of nitrogens with zero attached hydrogens (tertiary/aromatic N) is 2. The Morgan fingerprint density at radius 3 is 2.53 bits per heavy atom. The molecule has 19 heavy (non-hydrogen) atoms. The average Bonchev–Trinajstić information content (AvgIpc) is 2.37. The van der Waals surface area contributed by atoms with Gasteiger partial charge in [-0.15, -0.1) is 0 Å². The molecule has 98 valence electrons. The van der Waals surface area contributed by atoms with E-state index in [0.29, 0.717) is 11.5 Å². The molecule has 5 nitrogen and oxygen atoms in total. The fourth-order valence-corrected chi connectivity index (χ4v) is 1.82. The van der Waals surface area contributed by atoms with Gasteiger partial charge in [-0.3, -0.25) is 0 Å². The van der Waals surface area contributed by atoms with Crippen molar-refractivity contribution in [2.75, 3.05) is 7.11 Å². The third-order valence-corrected chi connectivity index (χ3v) is 2.73.